The van der Waals surface area contributed by atoms with Crippen LogP contribution in [-0.4, -0.2) is 78.1 Å². The van der Waals surface area contributed by atoms with Crippen molar-refractivity contribution in [3.05, 3.63) is 29.8 Å². The van der Waals surface area contributed by atoms with Gasteiger partial charge < -0.3 is 9.80 Å². The van der Waals surface area contributed by atoms with Gasteiger partial charge in [0.05, 0.1) is 11.3 Å². The Bertz CT molecular complexity index is 710. The Kier molecular flexibility index (Phi) is 8.63. The zero-order valence-corrected chi connectivity index (χ0v) is 19.6. The number of hydrogen-bond donors (Lipinski definition) is 0. The average molecular weight is 432 g/mol. The number of piperazine rings is 1. The number of carbonyl (C=O) groups excluding carboxylic acids is 2. The Morgan fingerprint density at radius 1 is 1.07 bits per heavy atom. The second-order valence-electron chi connectivity index (χ2n) is 9.07. The van der Waals surface area contributed by atoms with Crippen molar-refractivity contribution in [2.75, 3.05) is 45.5 Å². The average Bonchev–Trinajstić information content (AvgIpc) is 2.77. The van der Waals surface area contributed by atoms with Gasteiger partial charge in [-0.1, -0.05) is 45.2 Å². The fourth-order valence-electron chi connectivity index (χ4n) is 4.50. The molecule has 0 radical (unpaired) electrons. The molecule has 30 heavy (non-hydrogen) atoms. The molecule has 1 aromatic rings. The van der Waals surface area contributed by atoms with Crippen molar-refractivity contribution >= 4 is 23.6 Å². The molecule has 3 rings (SSSR count). The van der Waals surface area contributed by atoms with Gasteiger partial charge >= 0.3 is 0 Å². The second-order valence-corrected chi connectivity index (χ2v) is 10.1. The molecule has 1 heterocycles. The van der Waals surface area contributed by atoms with Gasteiger partial charge in [-0.05, 0) is 30.9 Å². The number of nitrogens with zero attached hydrogens (tertiary/aromatic N) is 3. The lowest BCUT2D eigenvalue weighted by atomic mass is 9.94. The first-order chi connectivity index (χ1) is 14.5. The molecule has 5 nitrogen and oxygen atoms in total. The topological polar surface area (TPSA) is 43.9 Å². The van der Waals surface area contributed by atoms with Crippen LogP contribution in [0, 0.1) is 5.92 Å². The standard InChI is InChI=1S/C24H37N3O2S/c1-19(2)17-26-13-15-27(16-14-26)24(29)21-11-7-8-12-22(21)30-18-23(28)25(3)20-9-5-4-6-10-20/h7-8,11-12,19-20H,4-6,9-10,13-18H2,1-3H3. The number of benzene rings is 1. The molecule has 2 fully saturated rings. The van der Waals surface area contributed by atoms with E-state index in [1.807, 2.05) is 41.1 Å². The first kappa shape index (κ1) is 23.1. The van der Waals surface area contributed by atoms with Crippen molar-refractivity contribution in [2.45, 2.75) is 56.9 Å². The van der Waals surface area contributed by atoms with Gasteiger partial charge in [-0.3, -0.25) is 14.5 Å². The summed E-state index contributed by atoms with van der Waals surface area (Å²) < 4.78 is 0. The van der Waals surface area contributed by atoms with Crippen molar-refractivity contribution in [3.63, 3.8) is 0 Å². The lowest BCUT2D eigenvalue weighted by Crippen LogP contribution is -2.49. The number of hydrogen-bond acceptors (Lipinski definition) is 4. The van der Waals surface area contributed by atoms with Gasteiger partial charge in [-0.25, -0.2) is 0 Å². The second kappa shape index (κ2) is 11.2. The van der Waals surface area contributed by atoms with E-state index >= 15 is 0 Å². The fourth-order valence-corrected chi connectivity index (χ4v) is 5.47. The summed E-state index contributed by atoms with van der Waals surface area (Å²) in [6, 6.07) is 8.13. The molecular formula is C24H37N3O2S. The summed E-state index contributed by atoms with van der Waals surface area (Å²) in [6.45, 7) is 8.97. The summed E-state index contributed by atoms with van der Waals surface area (Å²) in [7, 11) is 1.94. The van der Waals surface area contributed by atoms with Gasteiger partial charge in [-0.2, -0.15) is 0 Å². The van der Waals surface area contributed by atoms with Gasteiger partial charge in [0, 0.05) is 50.7 Å². The highest BCUT2D eigenvalue weighted by atomic mass is 32.2. The number of thioether (sulfide) groups is 1. The van der Waals surface area contributed by atoms with Crippen LogP contribution in [0.2, 0.25) is 0 Å². The summed E-state index contributed by atoms with van der Waals surface area (Å²) in [5.41, 5.74) is 0.730. The maximum absolute atomic E-state index is 13.2. The van der Waals surface area contributed by atoms with Crippen LogP contribution in [0.5, 0.6) is 0 Å². The van der Waals surface area contributed by atoms with Gasteiger partial charge in [0.25, 0.3) is 5.91 Å². The minimum absolute atomic E-state index is 0.0929. The van der Waals surface area contributed by atoms with Crippen LogP contribution < -0.4 is 0 Å². The van der Waals surface area contributed by atoms with Gasteiger partial charge in [0.15, 0.2) is 0 Å². The SMILES string of the molecule is CC(C)CN1CCN(C(=O)c2ccccc2SCC(=O)N(C)C2CCCCC2)CC1. The van der Waals surface area contributed by atoms with Crippen molar-refractivity contribution in [1.29, 1.82) is 0 Å². The Hall–Kier alpha value is -1.53. The molecule has 0 bridgehead atoms. The summed E-state index contributed by atoms with van der Waals surface area (Å²) in [5, 5.41) is 0. The van der Waals surface area contributed by atoms with Crippen LogP contribution in [0.4, 0.5) is 0 Å². The highest BCUT2D eigenvalue weighted by Gasteiger charge is 2.25. The molecule has 1 aliphatic carbocycles. The zero-order chi connectivity index (χ0) is 21.5. The molecule has 1 saturated carbocycles. The Labute approximate surface area is 186 Å². The number of carbonyl (C=O) groups is 2. The Morgan fingerprint density at radius 3 is 2.40 bits per heavy atom. The number of amides is 2. The summed E-state index contributed by atoms with van der Waals surface area (Å²) in [4.78, 5) is 33.2. The monoisotopic (exact) mass is 431 g/mol. The summed E-state index contributed by atoms with van der Waals surface area (Å²) in [6.07, 6.45) is 5.96. The molecule has 0 spiro atoms. The molecule has 0 aromatic heterocycles. The van der Waals surface area contributed by atoms with Crippen LogP contribution in [0.1, 0.15) is 56.3 Å². The van der Waals surface area contributed by atoms with E-state index in [-0.39, 0.29) is 11.8 Å². The molecule has 0 N–H and O–H groups in total. The first-order valence-electron chi connectivity index (χ1n) is 11.4. The maximum Gasteiger partial charge on any atom is 0.255 e. The zero-order valence-electron chi connectivity index (χ0n) is 18.8. The predicted octanol–water partition coefficient (Wildman–Crippen LogP) is 3.98. The maximum atomic E-state index is 13.2. The lowest BCUT2D eigenvalue weighted by Gasteiger charge is -2.35. The third-order valence-corrected chi connectivity index (χ3v) is 7.33. The fraction of sp³-hybridized carbons (Fsp3) is 0.667. The van der Waals surface area contributed by atoms with Crippen LogP contribution >= 0.6 is 11.8 Å². The Balaban J connectivity index is 1.56. The van der Waals surface area contributed by atoms with Crippen LogP contribution in [0.15, 0.2) is 29.2 Å². The van der Waals surface area contributed by atoms with Gasteiger partial charge in [-0.15, -0.1) is 11.8 Å². The van der Waals surface area contributed by atoms with E-state index in [0.717, 1.165) is 56.0 Å². The van der Waals surface area contributed by atoms with E-state index in [4.69, 9.17) is 0 Å². The van der Waals surface area contributed by atoms with Gasteiger partial charge in [0.2, 0.25) is 5.91 Å². The third-order valence-electron chi connectivity index (χ3n) is 6.27. The van der Waals surface area contributed by atoms with E-state index in [9.17, 15) is 9.59 Å². The van der Waals surface area contributed by atoms with E-state index in [1.165, 1.54) is 31.0 Å². The minimum atomic E-state index is 0.0929. The van der Waals surface area contributed by atoms with Crippen molar-refractivity contribution in [1.82, 2.24) is 14.7 Å². The predicted molar refractivity (Wildman–Crippen MR) is 124 cm³/mol. The van der Waals surface area contributed by atoms with E-state index < -0.39 is 0 Å². The highest BCUT2D eigenvalue weighted by Crippen LogP contribution is 2.26. The molecule has 1 aromatic carbocycles. The molecular weight excluding hydrogens is 394 g/mol. The first-order valence-corrected chi connectivity index (χ1v) is 12.4. The Morgan fingerprint density at radius 2 is 1.73 bits per heavy atom. The summed E-state index contributed by atoms with van der Waals surface area (Å²) >= 11 is 1.50. The molecule has 166 valence electrons. The number of rotatable bonds is 7. The van der Waals surface area contributed by atoms with Crippen molar-refractivity contribution < 1.29 is 9.59 Å². The lowest BCUT2D eigenvalue weighted by molar-refractivity contribution is -0.129. The van der Waals surface area contributed by atoms with Gasteiger partial charge in [0.1, 0.15) is 0 Å². The molecule has 0 unspecified atom stereocenters. The molecule has 1 saturated heterocycles. The van der Waals surface area contributed by atoms with E-state index in [1.54, 1.807) is 0 Å². The molecule has 2 amide bonds. The van der Waals surface area contributed by atoms with Crippen molar-refractivity contribution in [3.8, 4) is 0 Å². The molecule has 0 atom stereocenters. The third kappa shape index (κ3) is 6.24. The highest BCUT2D eigenvalue weighted by molar-refractivity contribution is 8.00. The van der Waals surface area contributed by atoms with Crippen LogP contribution in [0.3, 0.4) is 0 Å². The molecule has 2 aliphatic rings. The van der Waals surface area contributed by atoms with Crippen LogP contribution in [0.25, 0.3) is 0 Å². The van der Waals surface area contributed by atoms with E-state index in [0.29, 0.717) is 17.7 Å². The smallest absolute Gasteiger partial charge is 0.255 e. The van der Waals surface area contributed by atoms with E-state index in [2.05, 4.69) is 18.7 Å². The molecule has 1 aliphatic heterocycles. The minimum Gasteiger partial charge on any atom is -0.342 e. The molecule has 6 heteroatoms. The normalized spacial score (nSPS) is 18.6. The van der Waals surface area contributed by atoms with Crippen LogP contribution in [-0.2, 0) is 4.79 Å². The largest absolute Gasteiger partial charge is 0.342 e. The summed E-state index contributed by atoms with van der Waals surface area (Å²) in [5.74, 6) is 1.29. The van der Waals surface area contributed by atoms with Crippen molar-refractivity contribution in [2.24, 2.45) is 5.92 Å². The quantitative estimate of drug-likeness (QED) is 0.613.